The average Bonchev–Trinajstić information content (AvgIpc) is 2.42. The molecule has 0 radical (unpaired) electrons. The Labute approximate surface area is 109 Å². The lowest BCUT2D eigenvalue weighted by Gasteiger charge is -2.34. The van der Waals surface area contributed by atoms with E-state index in [1.165, 1.54) is 5.56 Å². The zero-order valence-corrected chi connectivity index (χ0v) is 11.0. The third-order valence-corrected chi connectivity index (χ3v) is 3.58. The molecule has 1 saturated heterocycles. The molecule has 0 amide bonds. The second kappa shape index (κ2) is 6.85. The summed E-state index contributed by atoms with van der Waals surface area (Å²) >= 11 is 0. The minimum atomic E-state index is 0.0211. The maximum atomic E-state index is 9.13. The van der Waals surface area contributed by atoms with E-state index in [4.69, 9.17) is 5.11 Å². The summed E-state index contributed by atoms with van der Waals surface area (Å²) in [5.74, 6) is 0. The number of hydrogen-bond acceptors (Lipinski definition) is 4. The minimum Gasteiger partial charge on any atom is -0.381 e. The fraction of sp³-hybridized carbons (Fsp3) is 0.571. The predicted molar refractivity (Wildman–Crippen MR) is 73.3 cm³/mol. The minimum absolute atomic E-state index is 0.0211. The van der Waals surface area contributed by atoms with Gasteiger partial charge in [0.1, 0.15) is 0 Å². The molecule has 1 aromatic carbocycles. The zero-order valence-electron chi connectivity index (χ0n) is 11.0. The molecule has 1 unspecified atom stereocenters. The number of hydrogen-bond donors (Lipinski definition) is 2. The third-order valence-electron chi connectivity index (χ3n) is 3.58. The second-order valence-electron chi connectivity index (χ2n) is 4.93. The molecule has 2 N–H and O–H groups in total. The first-order valence-electron chi connectivity index (χ1n) is 6.59. The van der Waals surface area contributed by atoms with Crippen LogP contribution in [0.1, 0.15) is 11.6 Å². The lowest BCUT2D eigenvalue weighted by molar-refractivity contribution is 0.133. The van der Waals surface area contributed by atoms with E-state index in [9.17, 15) is 0 Å². The summed E-state index contributed by atoms with van der Waals surface area (Å²) in [6, 6.07) is 10.6. The first-order chi connectivity index (χ1) is 8.79. The SMILES string of the molecule is CN1CCN(CC(NCO)c2ccccc2)CC1. The Morgan fingerprint density at radius 3 is 2.44 bits per heavy atom. The van der Waals surface area contributed by atoms with E-state index >= 15 is 0 Å². The van der Waals surface area contributed by atoms with Gasteiger partial charge in [0.15, 0.2) is 0 Å². The van der Waals surface area contributed by atoms with Gasteiger partial charge in [0.05, 0.1) is 6.73 Å². The summed E-state index contributed by atoms with van der Waals surface area (Å²) in [6.07, 6.45) is 0. The molecule has 18 heavy (non-hydrogen) atoms. The monoisotopic (exact) mass is 249 g/mol. The molecule has 0 aliphatic carbocycles. The zero-order chi connectivity index (χ0) is 12.8. The second-order valence-corrected chi connectivity index (χ2v) is 4.93. The van der Waals surface area contributed by atoms with Gasteiger partial charge in [0, 0.05) is 38.8 Å². The lowest BCUT2D eigenvalue weighted by Crippen LogP contribution is -2.47. The molecule has 0 aromatic heterocycles. The summed E-state index contributed by atoms with van der Waals surface area (Å²) in [7, 11) is 2.16. The van der Waals surface area contributed by atoms with Gasteiger partial charge in [-0.25, -0.2) is 0 Å². The van der Waals surface area contributed by atoms with Crippen molar-refractivity contribution >= 4 is 0 Å². The molecule has 1 fully saturated rings. The van der Waals surface area contributed by atoms with E-state index in [1.54, 1.807) is 0 Å². The van der Waals surface area contributed by atoms with Crippen molar-refractivity contribution in [3.63, 3.8) is 0 Å². The van der Waals surface area contributed by atoms with Crippen LogP contribution in [0.25, 0.3) is 0 Å². The summed E-state index contributed by atoms with van der Waals surface area (Å²) < 4.78 is 0. The number of likely N-dealkylation sites (N-methyl/N-ethyl adjacent to an activating group) is 1. The molecule has 1 heterocycles. The van der Waals surface area contributed by atoms with Crippen LogP contribution in [-0.2, 0) is 0 Å². The van der Waals surface area contributed by atoms with Crippen molar-refractivity contribution in [1.82, 2.24) is 15.1 Å². The molecule has 0 bridgehead atoms. The fourth-order valence-corrected chi connectivity index (χ4v) is 2.37. The average molecular weight is 249 g/mol. The maximum Gasteiger partial charge on any atom is 0.0936 e. The van der Waals surface area contributed by atoms with Gasteiger partial charge >= 0.3 is 0 Å². The van der Waals surface area contributed by atoms with Crippen molar-refractivity contribution in [2.45, 2.75) is 6.04 Å². The quantitative estimate of drug-likeness (QED) is 0.746. The summed E-state index contributed by atoms with van der Waals surface area (Å²) in [5, 5.41) is 12.3. The van der Waals surface area contributed by atoms with Crippen LogP contribution in [-0.4, -0.2) is 61.4 Å². The van der Waals surface area contributed by atoms with Crippen molar-refractivity contribution < 1.29 is 5.11 Å². The van der Waals surface area contributed by atoms with Crippen LogP contribution in [0.4, 0.5) is 0 Å². The largest absolute Gasteiger partial charge is 0.381 e. The van der Waals surface area contributed by atoms with Gasteiger partial charge in [0.25, 0.3) is 0 Å². The molecule has 1 aliphatic rings. The number of nitrogens with zero attached hydrogens (tertiary/aromatic N) is 2. The molecule has 0 spiro atoms. The molecule has 1 atom stereocenters. The van der Waals surface area contributed by atoms with Gasteiger partial charge in [-0.15, -0.1) is 0 Å². The topological polar surface area (TPSA) is 38.7 Å². The highest BCUT2D eigenvalue weighted by Crippen LogP contribution is 2.14. The highest BCUT2D eigenvalue weighted by Gasteiger charge is 2.18. The number of aliphatic hydroxyl groups excluding tert-OH is 1. The highest BCUT2D eigenvalue weighted by molar-refractivity contribution is 5.19. The van der Waals surface area contributed by atoms with Crippen LogP contribution in [0.3, 0.4) is 0 Å². The van der Waals surface area contributed by atoms with E-state index in [2.05, 4.69) is 34.3 Å². The smallest absolute Gasteiger partial charge is 0.0936 e. The van der Waals surface area contributed by atoms with E-state index in [1.807, 2.05) is 18.2 Å². The van der Waals surface area contributed by atoms with E-state index in [0.717, 1.165) is 32.7 Å². The van der Waals surface area contributed by atoms with Crippen LogP contribution < -0.4 is 5.32 Å². The van der Waals surface area contributed by atoms with Crippen LogP contribution >= 0.6 is 0 Å². The molecule has 2 rings (SSSR count). The van der Waals surface area contributed by atoms with Crippen molar-refractivity contribution in [2.75, 3.05) is 46.5 Å². The molecular formula is C14H23N3O. The van der Waals surface area contributed by atoms with Crippen LogP contribution in [0.15, 0.2) is 30.3 Å². The van der Waals surface area contributed by atoms with Gasteiger partial charge in [-0.2, -0.15) is 0 Å². The Bertz CT molecular complexity index is 336. The summed E-state index contributed by atoms with van der Waals surface area (Å²) in [5.41, 5.74) is 1.24. The van der Waals surface area contributed by atoms with E-state index in [0.29, 0.717) is 0 Å². The van der Waals surface area contributed by atoms with Crippen LogP contribution in [0.2, 0.25) is 0 Å². The predicted octanol–water partition coefficient (Wildman–Crippen LogP) is 0.515. The molecule has 1 aliphatic heterocycles. The number of rotatable bonds is 5. The molecule has 4 nitrogen and oxygen atoms in total. The highest BCUT2D eigenvalue weighted by atomic mass is 16.3. The Morgan fingerprint density at radius 1 is 1.17 bits per heavy atom. The normalized spacial score (nSPS) is 19.9. The first-order valence-corrected chi connectivity index (χ1v) is 6.59. The van der Waals surface area contributed by atoms with E-state index < -0.39 is 0 Å². The molecule has 4 heteroatoms. The van der Waals surface area contributed by atoms with Crippen molar-refractivity contribution in [2.24, 2.45) is 0 Å². The molecule has 0 saturated carbocycles. The number of benzene rings is 1. The maximum absolute atomic E-state index is 9.13. The lowest BCUT2D eigenvalue weighted by atomic mass is 10.1. The van der Waals surface area contributed by atoms with Crippen LogP contribution in [0, 0.1) is 0 Å². The van der Waals surface area contributed by atoms with Gasteiger partial charge in [0.2, 0.25) is 0 Å². The Hall–Kier alpha value is -0.940. The standard InChI is InChI=1S/C14H23N3O/c1-16-7-9-17(10-8-16)11-14(15-12-18)13-5-3-2-4-6-13/h2-6,14-15,18H,7-12H2,1H3. The third kappa shape index (κ3) is 3.78. The number of piperazine rings is 1. The van der Waals surface area contributed by atoms with Crippen LogP contribution in [0.5, 0.6) is 0 Å². The summed E-state index contributed by atoms with van der Waals surface area (Å²) in [6.45, 7) is 5.44. The van der Waals surface area contributed by atoms with E-state index in [-0.39, 0.29) is 12.8 Å². The Balaban J connectivity index is 1.94. The first kappa shape index (κ1) is 13.5. The molecular weight excluding hydrogens is 226 g/mol. The number of nitrogens with one attached hydrogen (secondary N) is 1. The van der Waals surface area contributed by atoms with Gasteiger partial charge in [-0.05, 0) is 12.6 Å². The Morgan fingerprint density at radius 2 is 1.83 bits per heavy atom. The summed E-state index contributed by atoms with van der Waals surface area (Å²) in [4.78, 5) is 4.81. The Kier molecular flexibility index (Phi) is 5.13. The van der Waals surface area contributed by atoms with Gasteiger partial charge in [-0.3, -0.25) is 10.2 Å². The molecule has 100 valence electrons. The van der Waals surface area contributed by atoms with Gasteiger partial charge < -0.3 is 10.0 Å². The molecule has 1 aromatic rings. The van der Waals surface area contributed by atoms with Crippen molar-refractivity contribution in [1.29, 1.82) is 0 Å². The van der Waals surface area contributed by atoms with Crippen molar-refractivity contribution in [3.05, 3.63) is 35.9 Å². The fourth-order valence-electron chi connectivity index (χ4n) is 2.37. The number of aliphatic hydroxyl groups is 1. The van der Waals surface area contributed by atoms with Crippen molar-refractivity contribution in [3.8, 4) is 0 Å². The van der Waals surface area contributed by atoms with Gasteiger partial charge in [-0.1, -0.05) is 30.3 Å².